The lowest BCUT2D eigenvalue weighted by atomic mass is 10.1. The molecule has 1 atom stereocenters. The van der Waals surface area contributed by atoms with Crippen LogP contribution in [0.15, 0.2) is 22.7 Å². The Balaban J connectivity index is 2.35. The van der Waals surface area contributed by atoms with E-state index in [2.05, 4.69) is 10.1 Å². The zero-order valence-electron chi connectivity index (χ0n) is 10.0. The Kier molecular flexibility index (Phi) is 3.38. The topological polar surface area (TPSA) is 64.9 Å². The van der Waals surface area contributed by atoms with Crippen LogP contribution in [0.1, 0.15) is 25.8 Å². The minimum atomic E-state index is -0.690. The summed E-state index contributed by atoms with van der Waals surface area (Å²) in [6.07, 6.45) is 0. The van der Waals surface area contributed by atoms with Crippen LogP contribution in [0.5, 0.6) is 0 Å². The summed E-state index contributed by atoms with van der Waals surface area (Å²) in [4.78, 5) is 4.05. The van der Waals surface area contributed by atoms with E-state index < -0.39 is 17.7 Å². The standard InChI is InChI=1S/C12H13F2N3O/c1-6(2)10(15)12-16-11(17-18-12)7-3-8(13)5-9(14)4-7/h3-6,10H,15H2,1-2H3/t10-/m1/s1. The average Bonchev–Trinajstić information content (AvgIpc) is 2.75. The van der Waals surface area contributed by atoms with E-state index in [0.29, 0.717) is 0 Å². The molecule has 0 amide bonds. The van der Waals surface area contributed by atoms with Crippen molar-refractivity contribution in [2.75, 3.05) is 0 Å². The van der Waals surface area contributed by atoms with E-state index in [-0.39, 0.29) is 23.2 Å². The lowest BCUT2D eigenvalue weighted by Crippen LogP contribution is -2.16. The minimum Gasteiger partial charge on any atom is -0.337 e. The molecule has 0 spiro atoms. The molecule has 96 valence electrons. The Morgan fingerprint density at radius 3 is 2.33 bits per heavy atom. The van der Waals surface area contributed by atoms with Crippen molar-refractivity contribution in [1.82, 2.24) is 10.1 Å². The molecule has 0 saturated carbocycles. The van der Waals surface area contributed by atoms with Gasteiger partial charge in [0.15, 0.2) is 0 Å². The molecule has 0 radical (unpaired) electrons. The number of aromatic nitrogens is 2. The predicted molar refractivity (Wildman–Crippen MR) is 61.4 cm³/mol. The van der Waals surface area contributed by atoms with Gasteiger partial charge in [-0.15, -0.1) is 0 Å². The molecule has 0 unspecified atom stereocenters. The van der Waals surface area contributed by atoms with E-state index in [1.165, 1.54) is 0 Å². The highest BCUT2D eigenvalue weighted by Gasteiger charge is 2.19. The summed E-state index contributed by atoms with van der Waals surface area (Å²) in [6.45, 7) is 3.83. The van der Waals surface area contributed by atoms with Gasteiger partial charge in [0.2, 0.25) is 11.7 Å². The second kappa shape index (κ2) is 4.81. The minimum absolute atomic E-state index is 0.125. The van der Waals surface area contributed by atoms with Gasteiger partial charge in [-0.2, -0.15) is 4.98 Å². The van der Waals surface area contributed by atoms with Crippen LogP contribution >= 0.6 is 0 Å². The summed E-state index contributed by atoms with van der Waals surface area (Å²) in [6, 6.07) is 2.66. The van der Waals surface area contributed by atoms with Crippen LogP contribution in [0.4, 0.5) is 8.78 Å². The molecular formula is C12H13F2N3O. The summed E-state index contributed by atoms with van der Waals surface area (Å²) >= 11 is 0. The molecule has 6 heteroatoms. The van der Waals surface area contributed by atoms with Crippen molar-refractivity contribution < 1.29 is 13.3 Å². The molecule has 0 fully saturated rings. The lowest BCUT2D eigenvalue weighted by Gasteiger charge is -2.09. The van der Waals surface area contributed by atoms with Gasteiger partial charge in [0.25, 0.3) is 0 Å². The Bertz CT molecular complexity index is 534. The Hall–Kier alpha value is -1.82. The van der Waals surface area contributed by atoms with Crippen LogP contribution in [-0.2, 0) is 0 Å². The Labute approximate surface area is 103 Å². The van der Waals surface area contributed by atoms with Crippen molar-refractivity contribution in [1.29, 1.82) is 0 Å². The van der Waals surface area contributed by atoms with Gasteiger partial charge in [0.1, 0.15) is 11.6 Å². The molecule has 0 aliphatic heterocycles. The van der Waals surface area contributed by atoms with Crippen LogP contribution < -0.4 is 5.73 Å². The number of benzene rings is 1. The van der Waals surface area contributed by atoms with Crippen LogP contribution in [0.25, 0.3) is 11.4 Å². The maximum atomic E-state index is 13.1. The highest BCUT2D eigenvalue weighted by Crippen LogP contribution is 2.22. The van der Waals surface area contributed by atoms with Gasteiger partial charge < -0.3 is 10.3 Å². The highest BCUT2D eigenvalue weighted by atomic mass is 19.1. The lowest BCUT2D eigenvalue weighted by molar-refractivity contribution is 0.325. The van der Waals surface area contributed by atoms with Crippen LogP contribution in [-0.4, -0.2) is 10.1 Å². The van der Waals surface area contributed by atoms with Gasteiger partial charge in [0, 0.05) is 11.6 Å². The second-order valence-corrected chi connectivity index (χ2v) is 4.38. The van der Waals surface area contributed by atoms with Crippen LogP contribution in [0.2, 0.25) is 0 Å². The third kappa shape index (κ3) is 2.53. The largest absolute Gasteiger partial charge is 0.337 e. The first-order valence-electron chi connectivity index (χ1n) is 5.53. The summed E-state index contributed by atoms with van der Waals surface area (Å²) in [5, 5.41) is 3.67. The molecule has 4 nitrogen and oxygen atoms in total. The molecule has 0 aliphatic rings. The maximum Gasteiger partial charge on any atom is 0.244 e. The van der Waals surface area contributed by atoms with Gasteiger partial charge in [-0.25, -0.2) is 8.78 Å². The monoisotopic (exact) mass is 253 g/mol. The number of nitrogens with two attached hydrogens (primary N) is 1. The molecule has 2 aromatic rings. The second-order valence-electron chi connectivity index (χ2n) is 4.38. The van der Waals surface area contributed by atoms with Gasteiger partial charge in [-0.05, 0) is 18.1 Å². The highest BCUT2D eigenvalue weighted by molar-refractivity contribution is 5.54. The van der Waals surface area contributed by atoms with E-state index in [1.54, 1.807) is 0 Å². The molecule has 0 saturated heterocycles. The zero-order valence-corrected chi connectivity index (χ0v) is 10.0. The molecule has 1 heterocycles. The van der Waals surface area contributed by atoms with E-state index in [9.17, 15) is 8.78 Å². The van der Waals surface area contributed by atoms with Crippen molar-refractivity contribution in [3.63, 3.8) is 0 Å². The van der Waals surface area contributed by atoms with Gasteiger partial charge in [-0.3, -0.25) is 0 Å². The van der Waals surface area contributed by atoms with Crippen molar-refractivity contribution in [2.45, 2.75) is 19.9 Å². The number of nitrogens with zero attached hydrogens (tertiary/aromatic N) is 2. The van der Waals surface area contributed by atoms with E-state index >= 15 is 0 Å². The predicted octanol–water partition coefficient (Wildman–Crippen LogP) is 2.67. The Morgan fingerprint density at radius 1 is 1.17 bits per heavy atom. The molecule has 2 rings (SSSR count). The fourth-order valence-corrected chi connectivity index (χ4v) is 1.46. The smallest absolute Gasteiger partial charge is 0.244 e. The first-order chi connectivity index (χ1) is 8.47. The van der Waals surface area contributed by atoms with Crippen molar-refractivity contribution in [3.05, 3.63) is 35.7 Å². The van der Waals surface area contributed by atoms with Crippen molar-refractivity contribution >= 4 is 0 Å². The van der Waals surface area contributed by atoms with Crippen LogP contribution in [0.3, 0.4) is 0 Å². The molecule has 18 heavy (non-hydrogen) atoms. The fourth-order valence-electron chi connectivity index (χ4n) is 1.46. The number of hydrogen-bond acceptors (Lipinski definition) is 4. The quantitative estimate of drug-likeness (QED) is 0.913. The van der Waals surface area contributed by atoms with E-state index in [4.69, 9.17) is 10.3 Å². The van der Waals surface area contributed by atoms with E-state index in [1.807, 2.05) is 13.8 Å². The van der Waals surface area contributed by atoms with Crippen molar-refractivity contribution in [2.24, 2.45) is 11.7 Å². The fraction of sp³-hybridized carbons (Fsp3) is 0.333. The molecule has 2 N–H and O–H groups in total. The van der Waals surface area contributed by atoms with Crippen molar-refractivity contribution in [3.8, 4) is 11.4 Å². The normalized spacial score (nSPS) is 13.0. The Morgan fingerprint density at radius 2 is 1.78 bits per heavy atom. The van der Waals surface area contributed by atoms with Gasteiger partial charge >= 0.3 is 0 Å². The molecule has 1 aromatic heterocycles. The summed E-state index contributed by atoms with van der Waals surface area (Å²) in [5.41, 5.74) is 6.07. The van der Waals surface area contributed by atoms with Gasteiger partial charge in [-0.1, -0.05) is 19.0 Å². The van der Waals surface area contributed by atoms with E-state index in [0.717, 1.165) is 18.2 Å². The molecular weight excluding hydrogens is 240 g/mol. The van der Waals surface area contributed by atoms with Crippen LogP contribution in [0, 0.1) is 17.6 Å². The zero-order chi connectivity index (χ0) is 13.3. The number of hydrogen-bond donors (Lipinski definition) is 1. The summed E-state index contributed by atoms with van der Waals surface area (Å²) in [7, 11) is 0. The summed E-state index contributed by atoms with van der Waals surface area (Å²) in [5.74, 6) is -0.874. The third-order valence-electron chi connectivity index (χ3n) is 2.57. The third-order valence-corrected chi connectivity index (χ3v) is 2.57. The van der Waals surface area contributed by atoms with Gasteiger partial charge in [0.05, 0.1) is 6.04 Å². The average molecular weight is 253 g/mol. The maximum absolute atomic E-state index is 13.1. The first-order valence-corrected chi connectivity index (χ1v) is 5.53. The SMILES string of the molecule is CC(C)[C@@H](N)c1nc(-c2cc(F)cc(F)c2)no1. The summed E-state index contributed by atoms with van der Waals surface area (Å²) < 4.78 is 31.1. The molecule has 1 aromatic carbocycles. The molecule has 0 bridgehead atoms. The first kappa shape index (κ1) is 12.6. The number of halogens is 2. The number of rotatable bonds is 3. The molecule has 0 aliphatic carbocycles.